The molecule has 2 heterocycles. The van der Waals surface area contributed by atoms with Gasteiger partial charge >= 0.3 is 0 Å². The molecule has 0 radical (unpaired) electrons. The molecular weight excluding hydrogens is 466 g/mol. The molecule has 0 aromatic carbocycles. The summed E-state index contributed by atoms with van der Waals surface area (Å²) in [7, 11) is 0. The van der Waals surface area contributed by atoms with Crippen molar-refractivity contribution in [1.82, 2.24) is 25.6 Å². The molecule has 0 fully saturated rings. The minimum absolute atomic E-state index is 0.00518. The summed E-state index contributed by atoms with van der Waals surface area (Å²) in [5.74, 6) is 0.252. The number of rotatable bonds is 12. The van der Waals surface area contributed by atoms with Crippen LogP contribution < -0.4 is 10.6 Å². The number of carbonyl (C=O) groups excluding carboxylic acids is 2. The molecule has 1 aromatic heterocycles. The quantitative estimate of drug-likeness (QED) is 0.404. The van der Waals surface area contributed by atoms with E-state index in [1.54, 1.807) is 4.68 Å². The Morgan fingerprint density at radius 2 is 1.54 bits per heavy atom. The van der Waals surface area contributed by atoms with Gasteiger partial charge in [0.15, 0.2) is 0 Å². The van der Waals surface area contributed by atoms with Gasteiger partial charge in [-0.3, -0.25) is 9.59 Å². The van der Waals surface area contributed by atoms with E-state index >= 15 is 0 Å². The molecule has 1 aliphatic heterocycles. The Kier molecular flexibility index (Phi) is 10.6. The highest BCUT2D eigenvalue weighted by molar-refractivity contribution is 5.77. The van der Waals surface area contributed by atoms with Crippen LogP contribution in [0.4, 0.5) is 0 Å². The second kappa shape index (κ2) is 12.8. The van der Waals surface area contributed by atoms with Gasteiger partial charge in [0, 0.05) is 19.3 Å². The second-order valence-electron chi connectivity index (χ2n) is 14.1. The van der Waals surface area contributed by atoms with Crippen LogP contribution in [0.1, 0.15) is 93.7 Å². The van der Waals surface area contributed by atoms with E-state index in [0.29, 0.717) is 25.4 Å². The van der Waals surface area contributed by atoms with Crippen LogP contribution in [-0.4, -0.2) is 45.9 Å². The first-order chi connectivity index (χ1) is 17.0. The second-order valence-corrected chi connectivity index (χ2v) is 14.1. The molecule has 0 aliphatic carbocycles. The van der Waals surface area contributed by atoms with Gasteiger partial charge in [-0.2, -0.15) is 10.2 Å². The standard InChI is InChI=1S/C28H49N7O2/c1-26(2,3)11-10-20(12-21-15-31-33-23(21)14-24(36)29-18-27(4,5)6)13-22-16-35(34-32-22)17-25(37)30-19-28(7,8)9/h15-16,20,23H,10-14,17-19H2,1-9H3,(H,29,36)(H,30,37). The molecular formula is C28H49N7O2. The monoisotopic (exact) mass is 515 g/mol. The lowest BCUT2D eigenvalue weighted by Crippen LogP contribution is -2.34. The van der Waals surface area contributed by atoms with Crippen LogP contribution in [0.2, 0.25) is 0 Å². The molecule has 1 aromatic rings. The third-order valence-corrected chi connectivity index (χ3v) is 6.08. The molecule has 0 bridgehead atoms. The van der Waals surface area contributed by atoms with Gasteiger partial charge in [0.1, 0.15) is 12.6 Å². The Labute approximate surface area is 223 Å². The molecule has 1 aliphatic rings. The van der Waals surface area contributed by atoms with E-state index in [4.69, 9.17) is 0 Å². The summed E-state index contributed by atoms with van der Waals surface area (Å²) in [6.07, 6.45) is 7.65. The molecule has 37 heavy (non-hydrogen) atoms. The molecule has 9 nitrogen and oxygen atoms in total. The van der Waals surface area contributed by atoms with Crippen LogP contribution in [0, 0.1) is 22.2 Å². The van der Waals surface area contributed by atoms with Gasteiger partial charge in [-0.25, -0.2) is 4.68 Å². The number of nitrogens with zero attached hydrogens (tertiary/aromatic N) is 5. The van der Waals surface area contributed by atoms with Gasteiger partial charge in [0.25, 0.3) is 0 Å². The van der Waals surface area contributed by atoms with Gasteiger partial charge in [0.2, 0.25) is 11.8 Å². The van der Waals surface area contributed by atoms with Crippen molar-refractivity contribution in [2.45, 2.75) is 107 Å². The van der Waals surface area contributed by atoms with Gasteiger partial charge in [-0.05, 0) is 53.4 Å². The molecule has 9 heteroatoms. The Morgan fingerprint density at radius 1 is 0.919 bits per heavy atom. The first-order valence-corrected chi connectivity index (χ1v) is 13.5. The van der Waals surface area contributed by atoms with Crippen LogP contribution in [0.3, 0.4) is 0 Å². The third-order valence-electron chi connectivity index (χ3n) is 6.08. The van der Waals surface area contributed by atoms with Crippen molar-refractivity contribution in [1.29, 1.82) is 0 Å². The van der Waals surface area contributed by atoms with Gasteiger partial charge in [-0.15, -0.1) is 5.10 Å². The zero-order valence-electron chi connectivity index (χ0n) is 24.5. The van der Waals surface area contributed by atoms with E-state index in [1.807, 2.05) is 12.4 Å². The first-order valence-electron chi connectivity index (χ1n) is 13.5. The highest BCUT2D eigenvalue weighted by Gasteiger charge is 2.26. The van der Waals surface area contributed by atoms with E-state index in [0.717, 1.165) is 37.0 Å². The zero-order valence-corrected chi connectivity index (χ0v) is 24.5. The molecule has 2 amide bonds. The van der Waals surface area contributed by atoms with Crippen molar-refractivity contribution < 1.29 is 9.59 Å². The molecule has 2 rings (SSSR count). The minimum Gasteiger partial charge on any atom is -0.355 e. The Morgan fingerprint density at radius 3 is 2.14 bits per heavy atom. The van der Waals surface area contributed by atoms with E-state index in [2.05, 4.69) is 93.5 Å². The maximum atomic E-state index is 12.5. The van der Waals surface area contributed by atoms with Crippen molar-refractivity contribution in [2.75, 3.05) is 13.1 Å². The largest absolute Gasteiger partial charge is 0.355 e. The van der Waals surface area contributed by atoms with Gasteiger partial charge < -0.3 is 10.6 Å². The summed E-state index contributed by atoms with van der Waals surface area (Å²) in [6.45, 7) is 20.7. The number of hydrogen-bond acceptors (Lipinski definition) is 6. The fourth-order valence-electron chi connectivity index (χ4n) is 3.94. The lowest BCUT2D eigenvalue weighted by molar-refractivity contribution is -0.122. The Hall–Kier alpha value is -2.58. The summed E-state index contributed by atoms with van der Waals surface area (Å²) in [5, 5.41) is 23.0. The first kappa shape index (κ1) is 30.6. The zero-order chi connectivity index (χ0) is 27.9. The van der Waals surface area contributed by atoms with Crippen molar-refractivity contribution in [3.05, 3.63) is 23.7 Å². The minimum atomic E-state index is -0.209. The Balaban J connectivity index is 2.00. The van der Waals surface area contributed by atoms with Crippen molar-refractivity contribution in [3.63, 3.8) is 0 Å². The number of aromatic nitrogens is 3. The molecule has 0 saturated carbocycles. The smallest absolute Gasteiger partial charge is 0.241 e. The van der Waals surface area contributed by atoms with Crippen LogP contribution >= 0.6 is 0 Å². The van der Waals surface area contributed by atoms with Crippen LogP contribution in [0.15, 0.2) is 28.2 Å². The lowest BCUT2D eigenvalue weighted by atomic mass is 9.82. The maximum absolute atomic E-state index is 12.5. The maximum Gasteiger partial charge on any atom is 0.241 e. The van der Waals surface area contributed by atoms with Crippen LogP contribution in [0.5, 0.6) is 0 Å². The highest BCUT2D eigenvalue weighted by atomic mass is 16.2. The summed E-state index contributed by atoms with van der Waals surface area (Å²) in [6, 6.07) is -0.209. The van der Waals surface area contributed by atoms with Crippen molar-refractivity contribution in [2.24, 2.45) is 32.4 Å². The predicted octanol–water partition coefficient (Wildman–Crippen LogP) is 5.09. The molecule has 2 atom stereocenters. The van der Waals surface area contributed by atoms with Crippen LogP contribution in [-0.2, 0) is 22.6 Å². The van der Waals surface area contributed by atoms with E-state index in [1.165, 1.54) is 0 Å². The molecule has 208 valence electrons. The number of amides is 2. The topological polar surface area (TPSA) is 114 Å². The fourth-order valence-corrected chi connectivity index (χ4v) is 3.94. The summed E-state index contributed by atoms with van der Waals surface area (Å²) < 4.78 is 1.61. The average Bonchev–Trinajstić information content (AvgIpc) is 3.37. The predicted molar refractivity (Wildman–Crippen MR) is 147 cm³/mol. The number of hydrogen-bond donors (Lipinski definition) is 2. The fraction of sp³-hybridized carbons (Fsp3) is 0.786. The average molecular weight is 516 g/mol. The number of nitrogens with one attached hydrogen (secondary N) is 2. The highest BCUT2D eigenvalue weighted by Crippen LogP contribution is 2.32. The van der Waals surface area contributed by atoms with Gasteiger partial charge in [0.05, 0.1) is 18.3 Å². The Bertz CT molecular complexity index is 958. The summed E-state index contributed by atoms with van der Waals surface area (Å²) in [4.78, 5) is 24.8. The van der Waals surface area contributed by atoms with Gasteiger partial charge in [-0.1, -0.05) is 67.5 Å². The normalized spacial score (nSPS) is 17.0. The number of azo groups is 1. The van der Waals surface area contributed by atoms with Crippen molar-refractivity contribution >= 4 is 11.8 Å². The number of carbonyl (C=O) groups is 2. The third kappa shape index (κ3) is 13.0. The van der Waals surface area contributed by atoms with Crippen molar-refractivity contribution in [3.8, 4) is 0 Å². The molecule has 2 unspecified atom stereocenters. The SMILES string of the molecule is CC(C)(C)CCC(CC1=CN=NC1CC(=O)NCC(C)(C)C)Cc1cn(CC(=O)NCC(C)(C)C)nn1. The summed E-state index contributed by atoms with van der Waals surface area (Å²) in [5.41, 5.74) is 2.25. The van der Waals surface area contributed by atoms with E-state index in [9.17, 15) is 9.59 Å². The lowest BCUT2D eigenvalue weighted by Gasteiger charge is -2.24. The molecule has 0 saturated heterocycles. The molecule has 0 spiro atoms. The van der Waals surface area contributed by atoms with E-state index < -0.39 is 0 Å². The summed E-state index contributed by atoms with van der Waals surface area (Å²) >= 11 is 0. The van der Waals surface area contributed by atoms with Crippen LogP contribution in [0.25, 0.3) is 0 Å². The molecule has 2 N–H and O–H groups in total. The van der Waals surface area contributed by atoms with E-state index in [-0.39, 0.29) is 40.6 Å².